The largest absolute Gasteiger partial charge is 0.328 e. The molecular weight excluding hydrogens is 351 g/mol. The molecule has 7 heteroatoms. The third-order valence-electron chi connectivity index (χ3n) is 4.64. The van der Waals surface area contributed by atoms with E-state index in [9.17, 15) is 9.18 Å². The first kappa shape index (κ1) is 16.7. The third-order valence-corrected chi connectivity index (χ3v) is 5.27. The Bertz CT molecular complexity index is 907. The second kappa shape index (κ2) is 6.84. The number of hydrogen-bond donors (Lipinski definition) is 2. The number of carbonyl (C=O) groups excluding carboxylic acids is 1. The number of anilines is 1. The highest BCUT2D eigenvalue weighted by Crippen LogP contribution is 2.41. The maximum absolute atomic E-state index is 13.2. The first-order valence-corrected chi connectivity index (χ1v) is 9.16. The molecule has 1 heterocycles. The fraction of sp³-hybridized carbons (Fsp3) is 0.211. The molecule has 3 aromatic rings. The Hall–Kier alpha value is -2.80. The molecule has 1 fully saturated rings. The molecule has 5 nitrogen and oxygen atoms in total. The molecule has 26 heavy (non-hydrogen) atoms. The molecule has 1 aromatic heterocycles. The number of benzene rings is 2. The fourth-order valence-corrected chi connectivity index (χ4v) is 3.69. The standard InChI is InChI=1S/C19H17FN4OS/c20-15-9-7-14(8-10-15)19(11-4-12-19)23-17(25)22-18-21-16(24-26-18)13-5-2-1-3-6-13/h1-3,5-10H,4,11-12H2,(H2,21,22,23,24,25). The zero-order valence-corrected chi connectivity index (χ0v) is 14.7. The number of rotatable bonds is 4. The number of aromatic nitrogens is 2. The van der Waals surface area contributed by atoms with Crippen LogP contribution in [0.3, 0.4) is 0 Å². The average Bonchev–Trinajstić information content (AvgIpc) is 3.08. The molecule has 0 aliphatic heterocycles. The van der Waals surface area contributed by atoms with E-state index in [1.807, 2.05) is 30.3 Å². The fourth-order valence-electron chi connectivity index (χ4n) is 3.11. The van der Waals surface area contributed by atoms with Gasteiger partial charge >= 0.3 is 6.03 Å². The van der Waals surface area contributed by atoms with Gasteiger partial charge in [-0.05, 0) is 37.0 Å². The van der Waals surface area contributed by atoms with E-state index in [4.69, 9.17) is 0 Å². The Kier molecular flexibility index (Phi) is 4.38. The number of urea groups is 1. The maximum Gasteiger partial charge on any atom is 0.321 e. The van der Waals surface area contributed by atoms with Gasteiger partial charge in [-0.3, -0.25) is 5.32 Å². The summed E-state index contributed by atoms with van der Waals surface area (Å²) in [6.45, 7) is 0. The van der Waals surface area contributed by atoms with E-state index in [1.165, 1.54) is 12.1 Å². The third kappa shape index (κ3) is 3.30. The summed E-state index contributed by atoms with van der Waals surface area (Å²) < 4.78 is 17.5. The van der Waals surface area contributed by atoms with Crippen molar-refractivity contribution in [3.8, 4) is 11.4 Å². The lowest BCUT2D eigenvalue weighted by Gasteiger charge is -2.42. The van der Waals surface area contributed by atoms with Gasteiger partial charge in [-0.1, -0.05) is 42.5 Å². The number of halogens is 1. The Morgan fingerprint density at radius 1 is 1.08 bits per heavy atom. The van der Waals surface area contributed by atoms with E-state index in [-0.39, 0.29) is 11.8 Å². The second-order valence-electron chi connectivity index (χ2n) is 6.31. The van der Waals surface area contributed by atoms with Crippen LogP contribution in [0.4, 0.5) is 14.3 Å². The van der Waals surface area contributed by atoms with Gasteiger partial charge in [-0.25, -0.2) is 9.18 Å². The van der Waals surface area contributed by atoms with Gasteiger partial charge in [0, 0.05) is 17.1 Å². The van der Waals surface area contributed by atoms with Crippen molar-refractivity contribution < 1.29 is 9.18 Å². The topological polar surface area (TPSA) is 66.9 Å². The number of carbonyl (C=O) groups is 1. The zero-order valence-electron chi connectivity index (χ0n) is 13.9. The van der Waals surface area contributed by atoms with Crippen LogP contribution < -0.4 is 10.6 Å². The molecule has 0 saturated heterocycles. The van der Waals surface area contributed by atoms with Gasteiger partial charge in [-0.2, -0.15) is 9.36 Å². The SMILES string of the molecule is O=C(Nc1nc(-c2ccccc2)ns1)NC1(c2ccc(F)cc2)CCC1. The summed E-state index contributed by atoms with van der Waals surface area (Å²) >= 11 is 1.14. The van der Waals surface area contributed by atoms with Gasteiger partial charge in [0.15, 0.2) is 5.82 Å². The van der Waals surface area contributed by atoms with Crippen molar-refractivity contribution in [3.63, 3.8) is 0 Å². The van der Waals surface area contributed by atoms with Crippen LogP contribution in [0, 0.1) is 5.82 Å². The average molecular weight is 368 g/mol. The molecular formula is C19H17FN4OS. The summed E-state index contributed by atoms with van der Waals surface area (Å²) in [5.41, 5.74) is 1.38. The van der Waals surface area contributed by atoms with Gasteiger partial charge < -0.3 is 5.32 Å². The minimum atomic E-state index is -0.440. The Morgan fingerprint density at radius 3 is 2.46 bits per heavy atom. The van der Waals surface area contributed by atoms with E-state index >= 15 is 0 Å². The summed E-state index contributed by atoms with van der Waals surface area (Å²) in [6.07, 6.45) is 2.68. The van der Waals surface area contributed by atoms with Crippen molar-refractivity contribution in [2.75, 3.05) is 5.32 Å². The summed E-state index contributed by atoms with van der Waals surface area (Å²) in [5, 5.41) is 6.23. The maximum atomic E-state index is 13.2. The highest BCUT2D eigenvalue weighted by Gasteiger charge is 2.40. The van der Waals surface area contributed by atoms with Gasteiger partial charge in [0.2, 0.25) is 5.13 Å². The van der Waals surface area contributed by atoms with Crippen LogP contribution in [-0.2, 0) is 5.54 Å². The molecule has 2 N–H and O–H groups in total. The van der Waals surface area contributed by atoms with Crippen LogP contribution in [0.1, 0.15) is 24.8 Å². The lowest BCUT2D eigenvalue weighted by Crippen LogP contribution is -2.52. The minimum Gasteiger partial charge on any atom is -0.328 e. The lowest BCUT2D eigenvalue weighted by molar-refractivity contribution is 0.185. The van der Waals surface area contributed by atoms with Crippen molar-refractivity contribution in [1.82, 2.24) is 14.7 Å². The molecule has 2 aromatic carbocycles. The van der Waals surface area contributed by atoms with Crippen LogP contribution in [0.25, 0.3) is 11.4 Å². The first-order valence-electron chi connectivity index (χ1n) is 8.39. The summed E-state index contributed by atoms with van der Waals surface area (Å²) in [7, 11) is 0. The summed E-state index contributed by atoms with van der Waals surface area (Å²) in [6, 6.07) is 15.6. The van der Waals surface area contributed by atoms with Crippen molar-refractivity contribution in [2.45, 2.75) is 24.8 Å². The van der Waals surface area contributed by atoms with E-state index < -0.39 is 5.54 Å². The molecule has 2 amide bonds. The summed E-state index contributed by atoms with van der Waals surface area (Å²) in [4.78, 5) is 16.8. The Morgan fingerprint density at radius 2 is 1.81 bits per heavy atom. The highest BCUT2D eigenvalue weighted by molar-refractivity contribution is 7.10. The predicted molar refractivity (Wildman–Crippen MR) is 99.4 cm³/mol. The molecule has 4 rings (SSSR count). The van der Waals surface area contributed by atoms with Crippen molar-refractivity contribution in [3.05, 3.63) is 66.0 Å². The molecule has 0 spiro atoms. The number of nitrogens with zero attached hydrogens (tertiary/aromatic N) is 2. The Labute approximate surface area is 154 Å². The zero-order chi connectivity index (χ0) is 18.0. The lowest BCUT2D eigenvalue weighted by atomic mass is 9.72. The quantitative estimate of drug-likeness (QED) is 0.710. The molecule has 0 atom stereocenters. The number of amides is 2. The smallest absolute Gasteiger partial charge is 0.321 e. The molecule has 0 bridgehead atoms. The first-order chi connectivity index (χ1) is 12.6. The van der Waals surface area contributed by atoms with Crippen LogP contribution in [0.15, 0.2) is 54.6 Å². The van der Waals surface area contributed by atoms with Crippen molar-refractivity contribution >= 4 is 22.7 Å². The van der Waals surface area contributed by atoms with Crippen LogP contribution >= 0.6 is 11.5 Å². The highest BCUT2D eigenvalue weighted by atomic mass is 32.1. The number of hydrogen-bond acceptors (Lipinski definition) is 4. The van der Waals surface area contributed by atoms with Crippen LogP contribution in [0.2, 0.25) is 0 Å². The predicted octanol–water partition coefficient (Wildman–Crippen LogP) is 4.55. The molecule has 0 radical (unpaired) electrons. The van der Waals surface area contributed by atoms with Gasteiger partial charge in [0.05, 0.1) is 5.54 Å². The van der Waals surface area contributed by atoms with Gasteiger partial charge in [-0.15, -0.1) is 0 Å². The van der Waals surface area contributed by atoms with Gasteiger partial charge in [0.25, 0.3) is 0 Å². The number of nitrogens with one attached hydrogen (secondary N) is 2. The molecule has 1 aliphatic carbocycles. The molecule has 0 unspecified atom stereocenters. The molecule has 132 valence electrons. The Balaban J connectivity index is 1.45. The summed E-state index contributed by atoms with van der Waals surface area (Å²) in [5.74, 6) is 0.303. The van der Waals surface area contributed by atoms with E-state index in [0.29, 0.717) is 11.0 Å². The monoisotopic (exact) mass is 368 g/mol. The second-order valence-corrected chi connectivity index (χ2v) is 7.06. The van der Waals surface area contributed by atoms with Crippen LogP contribution in [-0.4, -0.2) is 15.4 Å². The minimum absolute atomic E-state index is 0.282. The van der Waals surface area contributed by atoms with E-state index in [2.05, 4.69) is 20.0 Å². The molecule has 1 saturated carbocycles. The van der Waals surface area contributed by atoms with Gasteiger partial charge in [0.1, 0.15) is 5.82 Å². The van der Waals surface area contributed by atoms with E-state index in [0.717, 1.165) is 41.9 Å². The van der Waals surface area contributed by atoms with Crippen molar-refractivity contribution in [2.24, 2.45) is 0 Å². The van der Waals surface area contributed by atoms with E-state index in [1.54, 1.807) is 12.1 Å². The normalized spacial score (nSPS) is 15.1. The van der Waals surface area contributed by atoms with Crippen molar-refractivity contribution in [1.29, 1.82) is 0 Å². The van der Waals surface area contributed by atoms with Crippen LogP contribution in [0.5, 0.6) is 0 Å². The molecule has 1 aliphatic rings.